The highest BCUT2D eigenvalue weighted by molar-refractivity contribution is 14.0. The summed E-state index contributed by atoms with van der Waals surface area (Å²) in [6.45, 7) is 9.19. The lowest BCUT2D eigenvalue weighted by Crippen LogP contribution is -2.36. The van der Waals surface area contributed by atoms with Gasteiger partial charge in [-0.05, 0) is 38.1 Å². The molecule has 150 valence electrons. The molecule has 27 heavy (non-hydrogen) atoms. The first kappa shape index (κ1) is 23.4. The Hall–Kier alpha value is -1.61. The standard InChI is InChI=1S/C20H31N5O.HI/c1-6-21-20(23-13-18-11-19(15(2)3)24-26-18)22-12-16-8-7-9-17(10-16)14-25(4)5;/h7-11,15H,6,12-14H2,1-5H3,(H2,21,22,23);1H. The van der Waals surface area contributed by atoms with Gasteiger partial charge in [0.2, 0.25) is 0 Å². The second kappa shape index (κ2) is 12.0. The Morgan fingerprint density at radius 3 is 2.56 bits per heavy atom. The lowest BCUT2D eigenvalue weighted by Gasteiger charge is -2.11. The number of nitrogens with zero attached hydrogens (tertiary/aromatic N) is 3. The molecule has 0 unspecified atom stereocenters. The molecule has 2 aromatic rings. The van der Waals surface area contributed by atoms with E-state index in [1.54, 1.807) is 0 Å². The number of aromatic nitrogens is 1. The molecule has 2 rings (SSSR count). The van der Waals surface area contributed by atoms with Gasteiger partial charge in [0.15, 0.2) is 11.7 Å². The van der Waals surface area contributed by atoms with Gasteiger partial charge < -0.3 is 20.1 Å². The van der Waals surface area contributed by atoms with Crippen LogP contribution in [0, 0.1) is 0 Å². The molecule has 2 N–H and O–H groups in total. The third-order valence-electron chi connectivity index (χ3n) is 3.85. The smallest absolute Gasteiger partial charge is 0.191 e. The highest BCUT2D eigenvalue weighted by Crippen LogP contribution is 2.13. The summed E-state index contributed by atoms with van der Waals surface area (Å²) in [7, 11) is 4.15. The molecule has 1 heterocycles. The Balaban J connectivity index is 0.00000364. The second-order valence-electron chi connectivity index (χ2n) is 6.98. The summed E-state index contributed by atoms with van der Waals surface area (Å²) in [4.78, 5) is 6.84. The van der Waals surface area contributed by atoms with Gasteiger partial charge in [-0.3, -0.25) is 0 Å². The number of halogens is 1. The van der Waals surface area contributed by atoms with Crippen molar-refractivity contribution in [2.75, 3.05) is 20.6 Å². The van der Waals surface area contributed by atoms with Gasteiger partial charge in [0, 0.05) is 19.2 Å². The van der Waals surface area contributed by atoms with Gasteiger partial charge in [-0.1, -0.05) is 43.3 Å². The highest BCUT2D eigenvalue weighted by Gasteiger charge is 2.08. The average Bonchev–Trinajstić information content (AvgIpc) is 3.06. The van der Waals surface area contributed by atoms with E-state index in [1.165, 1.54) is 11.1 Å². The highest BCUT2D eigenvalue weighted by atomic mass is 127. The van der Waals surface area contributed by atoms with Crippen LogP contribution in [0.5, 0.6) is 0 Å². The molecule has 1 aromatic carbocycles. The maximum absolute atomic E-state index is 5.37. The van der Waals surface area contributed by atoms with Crippen molar-refractivity contribution in [2.45, 2.75) is 46.3 Å². The van der Waals surface area contributed by atoms with Crippen LogP contribution < -0.4 is 10.6 Å². The molecular weight excluding hydrogens is 453 g/mol. The van der Waals surface area contributed by atoms with Gasteiger partial charge >= 0.3 is 0 Å². The molecule has 0 fully saturated rings. The predicted molar refractivity (Wildman–Crippen MR) is 121 cm³/mol. The Labute approximate surface area is 179 Å². The number of benzene rings is 1. The number of hydrogen-bond acceptors (Lipinski definition) is 4. The maximum atomic E-state index is 5.37. The topological polar surface area (TPSA) is 65.7 Å². The Bertz CT molecular complexity index is 712. The zero-order chi connectivity index (χ0) is 18.9. The van der Waals surface area contributed by atoms with Crippen molar-refractivity contribution in [3.05, 3.63) is 52.9 Å². The van der Waals surface area contributed by atoms with Crippen LogP contribution in [0.15, 0.2) is 39.8 Å². The third-order valence-corrected chi connectivity index (χ3v) is 3.85. The number of hydrogen-bond donors (Lipinski definition) is 2. The number of guanidine groups is 1. The van der Waals surface area contributed by atoms with Crippen molar-refractivity contribution in [1.29, 1.82) is 0 Å². The van der Waals surface area contributed by atoms with Crippen LogP contribution in [0.4, 0.5) is 0 Å². The molecule has 0 saturated carbocycles. The molecule has 7 heteroatoms. The van der Waals surface area contributed by atoms with Crippen molar-refractivity contribution in [3.8, 4) is 0 Å². The SMILES string of the molecule is CCNC(=NCc1cccc(CN(C)C)c1)NCc1cc(C(C)C)no1.I. The van der Waals surface area contributed by atoms with E-state index >= 15 is 0 Å². The molecule has 0 amide bonds. The normalized spacial score (nSPS) is 11.6. The fraction of sp³-hybridized carbons (Fsp3) is 0.500. The zero-order valence-corrected chi connectivity index (χ0v) is 19.3. The zero-order valence-electron chi connectivity index (χ0n) is 17.0. The monoisotopic (exact) mass is 485 g/mol. The summed E-state index contributed by atoms with van der Waals surface area (Å²) in [5, 5.41) is 10.7. The summed E-state index contributed by atoms with van der Waals surface area (Å²) >= 11 is 0. The average molecular weight is 485 g/mol. The van der Waals surface area contributed by atoms with Crippen molar-refractivity contribution < 1.29 is 4.52 Å². The van der Waals surface area contributed by atoms with E-state index in [1.807, 2.05) is 6.07 Å². The minimum absolute atomic E-state index is 0. The summed E-state index contributed by atoms with van der Waals surface area (Å²) in [5.41, 5.74) is 3.47. The fourth-order valence-electron chi connectivity index (χ4n) is 2.56. The van der Waals surface area contributed by atoms with Crippen LogP contribution in [0.3, 0.4) is 0 Å². The van der Waals surface area contributed by atoms with Gasteiger partial charge in [0.1, 0.15) is 0 Å². The lowest BCUT2D eigenvalue weighted by molar-refractivity contribution is 0.372. The fourth-order valence-corrected chi connectivity index (χ4v) is 2.56. The number of aliphatic imine (C=N–C) groups is 1. The summed E-state index contributed by atoms with van der Waals surface area (Å²) < 4.78 is 5.37. The van der Waals surface area contributed by atoms with E-state index < -0.39 is 0 Å². The van der Waals surface area contributed by atoms with Crippen LogP contribution in [-0.4, -0.2) is 36.7 Å². The van der Waals surface area contributed by atoms with E-state index in [0.29, 0.717) is 19.0 Å². The van der Waals surface area contributed by atoms with Crippen LogP contribution >= 0.6 is 24.0 Å². The largest absolute Gasteiger partial charge is 0.359 e. The van der Waals surface area contributed by atoms with E-state index in [2.05, 4.69) is 84.8 Å². The first-order valence-electron chi connectivity index (χ1n) is 9.18. The Morgan fingerprint density at radius 2 is 1.93 bits per heavy atom. The Kier molecular flexibility index (Phi) is 10.4. The van der Waals surface area contributed by atoms with Gasteiger partial charge in [-0.15, -0.1) is 24.0 Å². The van der Waals surface area contributed by atoms with Gasteiger partial charge in [-0.25, -0.2) is 4.99 Å². The predicted octanol–water partition coefficient (Wildman–Crippen LogP) is 3.73. The van der Waals surface area contributed by atoms with E-state index in [9.17, 15) is 0 Å². The number of nitrogens with one attached hydrogen (secondary N) is 2. The van der Waals surface area contributed by atoms with Gasteiger partial charge in [-0.2, -0.15) is 0 Å². The first-order valence-corrected chi connectivity index (χ1v) is 9.18. The molecule has 0 spiro atoms. The minimum atomic E-state index is 0. The van der Waals surface area contributed by atoms with Crippen molar-refractivity contribution in [3.63, 3.8) is 0 Å². The minimum Gasteiger partial charge on any atom is -0.359 e. The molecular formula is C20H32IN5O. The molecule has 0 bridgehead atoms. The molecule has 0 aliphatic heterocycles. The molecule has 0 aliphatic carbocycles. The second-order valence-corrected chi connectivity index (χ2v) is 6.98. The third kappa shape index (κ3) is 8.30. The first-order chi connectivity index (χ1) is 12.5. The van der Waals surface area contributed by atoms with Crippen LogP contribution in [0.1, 0.15) is 49.3 Å². The van der Waals surface area contributed by atoms with Crippen LogP contribution in [-0.2, 0) is 19.6 Å². The number of rotatable bonds is 8. The van der Waals surface area contributed by atoms with E-state index in [-0.39, 0.29) is 24.0 Å². The van der Waals surface area contributed by atoms with Crippen LogP contribution in [0.2, 0.25) is 0 Å². The summed E-state index contributed by atoms with van der Waals surface area (Å²) in [6.07, 6.45) is 0. The molecule has 0 radical (unpaired) electrons. The molecule has 1 aromatic heterocycles. The quantitative estimate of drug-likeness (QED) is 0.339. The van der Waals surface area contributed by atoms with Crippen molar-refractivity contribution in [1.82, 2.24) is 20.7 Å². The van der Waals surface area contributed by atoms with E-state index in [4.69, 9.17) is 4.52 Å². The maximum Gasteiger partial charge on any atom is 0.191 e. The summed E-state index contributed by atoms with van der Waals surface area (Å²) in [6, 6.07) is 10.5. The van der Waals surface area contributed by atoms with Crippen LogP contribution in [0.25, 0.3) is 0 Å². The van der Waals surface area contributed by atoms with Gasteiger partial charge in [0.25, 0.3) is 0 Å². The van der Waals surface area contributed by atoms with Crippen molar-refractivity contribution in [2.24, 2.45) is 4.99 Å². The summed E-state index contributed by atoms with van der Waals surface area (Å²) in [5.74, 6) is 1.95. The van der Waals surface area contributed by atoms with Crippen molar-refractivity contribution >= 4 is 29.9 Å². The van der Waals surface area contributed by atoms with E-state index in [0.717, 1.165) is 30.5 Å². The molecule has 0 aliphatic rings. The molecule has 0 saturated heterocycles. The van der Waals surface area contributed by atoms with Gasteiger partial charge in [0.05, 0.1) is 18.8 Å². The lowest BCUT2D eigenvalue weighted by atomic mass is 10.1. The molecule has 0 atom stereocenters. The molecule has 6 nitrogen and oxygen atoms in total. The Morgan fingerprint density at radius 1 is 1.19 bits per heavy atom.